The van der Waals surface area contributed by atoms with Crippen molar-refractivity contribution in [2.24, 2.45) is 50.7 Å². The minimum absolute atomic E-state index is 0.0252. The van der Waals surface area contributed by atoms with Crippen molar-refractivity contribution in [3.05, 3.63) is 11.6 Å². The van der Waals surface area contributed by atoms with Gasteiger partial charge in [0.25, 0.3) is 0 Å². The number of aliphatic hydroxyl groups is 4. The summed E-state index contributed by atoms with van der Waals surface area (Å²) in [5, 5.41) is 54.8. The van der Waals surface area contributed by atoms with Gasteiger partial charge in [-0.3, -0.25) is 4.79 Å². The second kappa shape index (κ2) is 7.80. The van der Waals surface area contributed by atoms with Crippen LogP contribution in [-0.2, 0) is 4.79 Å². The highest BCUT2D eigenvalue weighted by Crippen LogP contribution is 2.76. The third-order valence-electron chi connectivity index (χ3n) is 13.6. The number of rotatable bonds is 2. The fraction of sp³-hybridized carbons (Fsp3) is 0.900. The van der Waals surface area contributed by atoms with Gasteiger partial charge in [-0.05, 0) is 92.3 Å². The monoisotopic (exact) mass is 504 g/mol. The summed E-state index contributed by atoms with van der Waals surface area (Å²) in [6.07, 6.45) is 6.20. The Morgan fingerprint density at radius 3 is 2.28 bits per heavy atom. The fourth-order valence-corrected chi connectivity index (χ4v) is 11.0. The molecule has 0 saturated heterocycles. The first-order valence-corrected chi connectivity index (χ1v) is 14.2. The smallest absolute Gasteiger partial charge is 0.310 e. The lowest BCUT2D eigenvalue weighted by Gasteiger charge is -2.72. The van der Waals surface area contributed by atoms with Crippen LogP contribution in [0.2, 0.25) is 0 Å². The summed E-state index contributed by atoms with van der Waals surface area (Å²) >= 11 is 0. The van der Waals surface area contributed by atoms with Gasteiger partial charge in [-0.15, -0.1) is 0 Å². The first kappa shape index (κ1) is 26.6. The molecule has 0 aromatic carbocycles. The van der Waals surface area contributed by atoms with Crippen molar-refractivity contribution in [3.8, 4) is 0 Å². The summed E-state index contributed by atoms with van der Waals surface area (Å²) in [5.74, 6) is -0.834. The number of aliphatic carboxylic acids is 1. The summed E-state index contributed by atoms with van der Waals surface area (Å²) in [7, 11) is 0. The topological polar surface area (TPSA) is 118 Å². The largest absolute Gasteiger partial charge is 0.481 e. The molecule has 0 bridgehead atoms. The molecule has 36 heavy (non-hydrogen) atoms. The molecule has 5 aliphatic carbocycles. The molecule has 0 aromatic heterocycles. The second-order valence-corrected chi connectivity index (χ2v) is 14.7. The SMILES string of the molecule is C[C@H]1CC[C@]2(C(=O)O)CC[C@]3(C)C(=CC[C@H]4[C@@]5(C)C[C@H](O)[C@H](O)[C@@](C)(CO)[C@@H]5CC[C@]43C)[C@H]2[C@]1(C)O. The van der Waals surface area contributed by atoms with Crippen LogP contribution < -0.4 is 0 Å². The molecule has 0 unspecified atom stereocenters. The number of hydrogen-bond acceptors (Lipinski definition) is 5. The average Bonchev–Trinajstić information content (AvgIpc) is 2.80. The molecule has 0 amide bonds. The van der Waals surface area contributed by atoms with Gasteiger partial charge in [-0.2, -0.15) is 0 Å². The molecule has 0 radical (unpaired) electrons. The Kier molecular flexibility index (Phi) is 5.77. The van der Waals surface area contributed by atoms with Crippen molar-refractivity contribution < 1.29 is 30.3 Å². The molecule has 4 saturated carbocycles. The second-order valence-electron chi connectivity index (χ2n) is 14.7. The van der Waals surface area contributed by atoms with E-state index >= 15 is 0 Å². The first-order valence-electron chi connectivity index (χ1n) is 14.2. The molecule has 5 N–H and O–H groups in total. The number of carboxylic acids is 1. The van der Waals surface area contributed by atoms with Crippen LogP contribution >= 0.6 is 0 Å². The summed E-state index contributed by atoms with van der Waals surface area (Å²) in [5.41, 5.74) is -2.28. The van der Waals surface area contributed by atoms with Gasteiger partial charge in [0.1, 0.15) is 0 Å². The molecule has 204 valence electrons. The van der Waals surface area contributed by atoms with E-state index < -0.39 is 40.5 Å². The van der Waals surface area contributed by atoms with Crippen molar-refractivity contribution in [1.29, 1.82) is 0 Å². The number of hydrogen-bond donors (Lipinski definition) is 5. The number of carbonyl (C=O) groups is 1. The van der Waals surface area contributed by atoms with E-state index in [0.29, 0.717) is 19.3 Å². The highest BCUT2D eigenvalue weighted by atomic mass is 16.4. The van der Waals surface area contributed by atoms with Gasteiger partial charge >= 0.3 is 5.97 Å². The maximum absolute atomic E-state index is 12.8. The fourth-order valence-electron chi connectivity index (χ4n) is 11.0. The molecule has 0 spiro atoms. The molecule has 6 heteroatoms. The van der Waals surface area contributed by atoms with E-state index in [2.05, 4.69) is 33.8 Å². The average molecular weight is 505 g/mol. The van der Waals surface area contributed by atoms with E-state index in [4.69, 9.17) is 0 Å². The Hall–Kier alpha value is -0.950. The summed E-state index contributed by atoms with van der Waals surface area (Å²) in [6.45, 7) is 12.6. The van der Waals surface area contributed by atoms with Gasteiger partial charge in [0, 0.05) is 11.3 Å². The Morgan fingerprint density at radius 2 is 1.67 bits per heavy atom. The lowest BCUT2D eigenvalue weighted by atomic mass is 9.33. The van der Waals surface area contributed by atoms with E-state index in [0.717, 1.165) is 37.7 Å². The summed E-state index contributed by atoms with van der Waals surface area (Å²) in [6, 6.07) is 0. The molecule has 4 fully saturated rings. The van der Waals surface area contributed by atoms with Crippen molar-refractivity contribution >= 4 is 5.97 Å². The van der Waals surface area contributed by atoms with Crippen molar-refractivity contribution in [2.75, 3.05) is 6.61 Å². The summed E-state index contributed by atoms with van der Waals surface area (Å²) < 4.78 is 0. The Labute approximate surface area is 216 Å². The van der Waals surface area contributed by atoms with Crippen LogP contribution in [-0.4, -0.2) is 55.9 Å². The van der Waals surface area contributed by atoms with Crippen LogP contribution in [0.5, 0.6) is 0 Å². The van der Waals surface area contributed by atoms with Crippen LogP contribution in [0.15, 0.2) is 11.6 Å². The van der Waals surface area contributed by atoms with E-state index in [1.54, 1.807) is 0 Å². The zero-order valence-electron chi connectivity index (χ0n) is 23.0. The Balaban J connectivity index is 1.65. The van der Waals surface area contributed by atoms with Gasteiger partial charge < -0.3 is 25.5 Å². The van der Waals surface area contributed by atoms with Gasteiger partial charge in [-0.1, -0.05) is 46.3 Å². The lowest BCUT2D eigenvalue weighted by Crippen LogP contribution is -2.69. The van der Waals surface area contributed by atoms with Gasteiger partial charge in [0.2, 0.25) is 0 Å². The van der Waals surface area contributed by atoms with Crippen molar-refractivity contribution in [1.82, 2.24) is 0 Å². The molecule has 5 rings (SSSR count). The van der Waals surface area contributed by atoms with E-state index in [1.807, 2.05) is 13.8 Å². The minimum atomic E-state index is -1.09. The quantitative estimate of drug-likeness (QED) is 0.361. The highest BCUT2D eigenvalue weighted by Gasteiger charge is 2.72. The zero-order valence-corrected chi connectivity index (χ0v) is 23.0. The van der Waals surface area contributed by atoms with E-state index in [1.165, 1.54) is 0 Å². The van der Waals surface area contributed by atoms with Crippen molar-refractivity contribution in [3.63, 3.8) is 0 Å². The molecule has 0 aliphatic heterocycles. The highest BCUT2D eigenvalue weighted by molar-refractivity contribution is 5.77. The van der Waals surface area contributed by atoms with Gasteiger partial charge in [-0.25, -0.2) is 0 Å². The summed E-state index contributed by atoms with van der Waals surface area (Å²) in [4.78, 5) is 12.8. The molecule has 5 aliphatic rings. The molecule has 0 aromatic rings. The van der Waals surface area contributed by atoms with Crippen LogP contribution in [0.4, 0.5) is 0 Å². The van der Waals surface area contributed by atoms with Crippen LogP contribution in [0.25, 0.3) is 0 Å². The maximum Gasteiger partial charge on any atom is 0.310 e. The molecular weight excluding hydrogens is 456 g/mol. The predicted molar refractivity (Wildman–Crippen MR) is 137 cm³/mol. The normalized spacial score (nSPS) is 58.6. The number of aliphatic hydroxyl groups excluding tert-OH is 3. The van der Waals surface area contributed by atoms with Crippen LogP contribution in [0, 0.1) is 50.7 Å². The van der Waals surface area contributed by atoms with E-state index in [9.17, 15) is 30.3 Å². The van der Waals surface area contributed by atoms with Crippen LogP contribution in [0.1, 0.15) is 92.9 Å². The standard InChI is InChI=1S/C30H48O6/c1-17-9-12-30(24(34)35)14-13-27(4)18(22(30)29(17,6)36)7-8-21-25(2)15-19(32)23(33)26(3,16-31)20(25)10-11-28(21,27)5/h7,17,19-23,31-33,36H,8-16H2,1-6H3,(H,34,35)/t17-,19-,20+,21-,22-,23-,25-,26-,27+,28+,29+,30-/m0/s1. The third kappa shape index (κ3) is 2.91. The minimum Gasteiger partial charge on any atom is -0.481 e. The van der Waals surface area contributed by atoms with Gasteiger partial charge in [0.15, 0.2) is 0 Å². The number of fused-ring (bicyclic) bond motifs is 7. The molecular formula is C30H48O6. The number of allylic oxidation sites excluding steroid dienone is 1. The molecule has 0 heterocycles. The number of carboxylic acid groups (broad SMARTS) is 1. The molecule has 6 nitrogen and oxygen atoms in total. The predicted octanol–water partition coefficient (Wildman–Crippen LogP) is 4.15. The van der Waals surface area contributed by atoms with E-state index in [-0.39, 0.29) is 40.6 Å². The molecule has 12 atom stereocenters. The first-order chi connectivity index (χ1) is 16.6. The Bertz CT molecular complexity index is 974. The third-order valence-corrected chi connectivity index (χ3v) is 13.6. The zero-order chi connectivity index (χ0) is 26.7. The maximum atomic E-state index is 12.8. The van der Waals surface area contributed by atoms with Crippen LogP contribution in [0.3, 0.4) is 0 Å². The van der Waals surface area contributed by atoms with Gasteiger partial charge in [0.05, 0.1) is 29.8 Å². The Morgan fingerprint density at radius 1 is 1.00 bits per heavy atom. The van der Waals surface area contributed by atoms with Crippen molar-refractivity contribution in [2.45, 2.75) is 111 Å². The lowest BCUT2D eigenvalue weighted by molar-refractivity contribution is -0.247.